The van der Waals surface area contributed by atoms with E-state index in [0.717, 1.165) is 12.8 Å². The first-order valence-corrected chi connectivity index (χ1v) is 3.71. The van der Waals surface area contributed by atoms with Crippen molar-refractivity contribution in [2.24, 2.45) is 5.73 Å². The first-order valence-electron chi connectivity index (χ1n) is 3.28. The van der Waals surface area contributed by atoms with Crippen molar-refractivity contribution in [3.05, 3.63) is 0 Å². The lowest BCUT2D eigenvalue weighted by atomic mass is 9.93. The van der Waals surface area contributed by atoms with E-state index in [0.29, 0.717) is 6.42 Å². The lowest BCUT2D eigenvalue weighted by Crippen LogP contribution is -2.37. The van der Waals surface area contributed by atoms with Crippen LogP contribution in [0.4, 0.5) is 0 Å². The Morgan fingerprint density at radius 3 is 2.56 bits per heavy atom. The van der Waals surface area contributed by atoms with E-state index >= 15 is 0 Å². The van der Waals surface area contributed by atoms with Crippen LogP contribution in [0.25, 0.3) is 0 Å². The molecule has 1 fully saturated rings. The van der Waals surface area contributed by atoms with Gasteiger partial charge in [0, 0.05) is 6.04 Å². The summed E-state index contributed by atoms with van der Waals surface area (Å²) in [6.07, 6.45) is 2.08. The highest BCUT2D eigenvalue weighted by molar-refractivity contribution is 6.21. The molecule has 0 aromatic heterocycles. The van der Waals surface area contributed by atoms with Crippen LogP contribution in [0, 0.1) is 0 Å². The van der Waals surface area contributed by atoms with E-state index in [1.54, 1.807) is 0 Å². The average molecular weight is 150 g/mol. The molecule has 0 saturated heterocycles. The van der Waals surface area contributed by atoms with E-state index in [1.807, 2.05) is 0 Å². The molecule has 3 N–H and O–H groups in total. The summed E-state index contributed by atoms with van der Waals surface area (Å²) in [5.74, 6) is 0. The van der Waals surface area contributed by atoms with Crippen LogP contribution in [0.2, 0.25) is 0 Å². The van der Waals surface area contributed by atoms with Gasteiger partial charge in [-0.05, 0) is 19.3 Å². The minimum atomic E-state index is -0.379. The molecule has 0 aliphatic heterocycles. The van der Waals surface area contributed by atoms with Crippen molar-refractivity contribution in [3.8, 4) is 0 Å². The Morgan fingerprint density at radius 1 is 1.44 bits per heavy atom. The molecule has 0 spiro atoms. The SMILES string of the molecule is N[C@H]1CC[C@@H](Cl)[C@H](O)C1. The van der Waals surface area contributed by atoms with Gasteiger partial charge in [-0.2, -0.15) is 0 Å². The van der Waals surface area contributed by atoms with Gasteiger partial charge >= 0.3 is 0 Å². The highest BCUT2D eigenvalue weighted by Crippen LogP contribution is 2.21. The summed E-state index contributed by atoms with van der Waals surface area (Å²) in [5, 5.41) is 9.07. The van der Waals surface area contributed by atoms with Crippen molar-refractivity contribution in [1.29, 1.82) is 0 Å². The third kappa shape index (κ3) is 1.81. The number of aliphatic hydroxyl groups excluding tert-OH is 1. The van der Waals surface area contributed by atoms with Gasteiger partial charge < -0.3 is 10.8 Å². The summed E-state index contributed by atoms with van der Waals surface area (Å²) in [6.45, 7) is 0. The molecule has 0 radical (unpaired) electrons. The molecule has 1 aliphatic carbocycles. The fourth-order valence-corrected chi connectivity index (χ4v) is 1.37. The Balaban J connectivity index is 2.35. The number of hydrogen-bond acceptors (Lipinski definition) is 2. The molecule has 3 heteroatoms. The molecule has 0 amide bonds. The molecule has 0 bridgehead atoms. The van der Waals surface area contributed by atoms with Gasteiger partial charge in [-0.25, -0.2) is 0 Å². The predicted octanol–water partition coefficient (Wildman–Crippen LogP) is 0.466. The van der Waals surface area contributed by atoms with Gasteiger partial charge in [0.2, 0.25) is 0 Å². The maximum atomic E-state index is 9.14. The Kier molecular flexibility index (Phi) is 2.33. The second-order valence-electron chi connectivity index (χ2n) is 2.66. The summed E-state index contributed by atoms with van der Waals surface area (Å²) >= 11 is 5.73. The second-order valence-corrected chi connectivity index (χ2v) is 3.22. The van der Waals surface area contributed by atoms with Crippen molar-refractivity contribution in [2.75, 3.05) is 0 Å². The van der Waals surface area contributed by atoms with Gasteiger partial charge in [0.1, 0.15) is 0 Å². The Bertz CT molecular complexity index is 99.1. The van der Waals surface area contributed by atoms with Gasteiger partial charge in [0.05, 0.1) is 11.5 Å². The Morgan fingerprint density at radius 2 is 2.11 bits per heavy atom. The third-order valence-corrected chi connectivity index (χ3v) is 2.28. The van der Waals surface area contributed by atoms with Gasteiger partial charge in [0.25, 0.3) is 0 Å². The lowest BCUT2D eigenvalue weighted by Gasteiger charge is -2.26. The molecule has 54 valence electrons. The van der Waals surface area contributed by atoms with Crippen LogP contribution < -0.4 is 5.73 Å². The van der Waals surface area contributed by atoms with Crippen LogP contribution in [0.15, 0.2) is 0 Å². The van der Waals surface area contributed by atoms with Crippen LogP contribution in [0.1, 0.15) is 19.3 Å². The first-order chi connectivity index (χ1) is 4.20. The van der Waals surface area contributed by atoms with E-state index in [9.17, 15) is 0 Å². The fourth-order valence-electron chi connectivity index (χ4n) is 1.14. The van der Waals surface area contributed by atoms with Crippen molar-refractivity contribution in [1.82, 2.24) is 0 Å². The maximum Gasteiger partial charge on any atom is 0.0718 e. The highest BCUT2D eigenvalue weighted by Gasteiger charge is 2.24. The molecule has 9 heavy (non-hydrogen) atoms. The molecular weight excluding hydrogens is 138 g/mol. The Hall–Kier alpha value is 0.210. The number of hydrogen-bond donors (Lipinski definition) is 2. The Labute approximate surface area is 60.0 Å². The van der Waals surface area contributed by atoms with Crippen LogP contribution in [-0.4, -0.2) is 22.6 Å². The molecule has 1 rings (SSSR count). The van der Waals surface area contributed by atoms with Crippen molar-refractivity contribution < 1.29 is 5.11 Å². The van der Waals surface area contributed by atoms with Crippen molar-refractivity contribution in [2.45, 2.75) is 36.8 Å². The molecule has 0 aromatic rings. The van der Waals surface area contributed by atoms with Crippen LogP contribution >= 0.6 is 11.6 Å². The van der Waals surface area contributed by atoms with E-state index in [1.165, 1.54) is 0 Å². The van der Waals surface area contributed by atoms with E-state index < -0.39 is 0 Å². The van der Waals surface area contributed by atoms with Gasteiger partial charge in [-0.15, -0.1) is 11.6 Å². The highest BCUT2D eigenvalue weighted by atomic mass is 35.5. The predicted molar refractivity (Wildman–Crippen MR) is 37.5 cm³/mol. The smallest absolute Gasteiger partial charge is 0.0718 e. The molecule has 0 heterocycles. The van der Waals surface area contributed by atoms with Crippen LogP contribution in [0.3, 0.4) is 0 Å². The molecule has 3 atom stereocenters. The number of alkyl halides is 1. The second kappa shape index (κ2) is 2.86. The first kappa shape index (κ1) is 7.32. The molecule has 0 aromatic carbocycles. The minimum absolute atomic E-state index is 0.0650. The molecular formula is C6H12ClNO. The monoisotopic (exact) mass is 149 g/mol. The zero-order chi connectivity index (χ0) is 6.85. The summed E-state index contributed by atoms with van der Waals surface area (Å²) < 4.78 is 0. The average Bonchev–Trinajstić information content (AvgIpc) is 1.80. The van der Waals surface area contributed by atoms with E-state index in [-0.39, 0.29) is 17.5 Å². The summed E-state index contributed by atoms with van der Waals surface area (Å²) in [5.41, 5.74) is 5.57. The number of rotatable bonds is 0. The maximum absolute atomic E-state index is 9.14. The zero-order valence-corrected chi connectivity index (χ0v) is 6.01. The summed E-state index contributed by atoms with van der Waals surface area (Å²) in [4.78, 5) is 0. The third-order valence-electron chi connectivity index (χ3n) is 1.77. The fraction of sp³-hybridized carbons (Fsp3) is 1.00. The van der Waals surface area contributed by atoms with Gasteiger partial charge in [0.15, 0.2) is 0 Å². The van der Waals surface area contributed by atoms with E-state index in [2.05, 4.69) is 0 Å². The number of nitrogens with two attached hydrogens (primary N) is 1. The molecule has 0 unspecified atom stereocenters. The molecule has 2 nitrogen and oxygen atoms in total. The van der Waals surface area contributed by atoms with Crippen LogP contribution in [0.5, 0.6) is 0 Å². The van der Waals surface area contributed by atoms with Gasteiger partial charge in [-0.1, -0.05) is 0 Å². The molecule has 1 saturated carbocycles. The quantitative estimate of drug-likeness (QED) is 0.492. The van der Waals surface area contributed by atoms with Crippen molar-refractivity contribution in [3.63, 3.8) is 0 Å². The van der Waals surface area contributed by atoms with Crippen molar-refractivity contribution >= 4 is 11.6 Å². The van der Waals surface area contributed by atoms with Gasteiger partial charge in [-0.3, -0.25) is 0 Å². The number of halogens is 1. The zero-order valence-electron chi connectivity index (χ0n) is 5.26. The summed E-state index contributed by atoms with van der Waals surface area (Å²) in [7, 11) is 0. The minimum Gasteiger partial charge on any atom is -0.392 e. The molecule has 1 aliphatic rings. The normalized spacial score (nSPS) is 45.0. The largest absolute Gasteiger partial charge is 0.392 e. The topological polar surface area (TPSA) is 46.2 Å². The lowest BCUT2D eigenvalue weighted by molar-refractivity contribution is 0.125. The summed E-state index contributed by atoms with van der Waals surface area (Å²) in [6, 6.07) is 0.162. The standard InChI is InChI=1S/C6H12ClNO/c7-5-2-1-4(8)3-6(5)9/h4-6,9H,1-3,8H2/t4-,5+,6+/m0/s1. The van der Waals surface area contributed by atoms with Crippen LogP contribution in [-0.2, 0) is 0 Å². The number of aliphatic hydroxyl groups is 1. The van der Waals surface area contributed by atoms with E-state index in [4.69, 9.17) is 22.4 Å².